The second-order valence-electron chi connectivity index (χ2n) is 4.88. The molecular formula is C14H22FN. The number of benzene rings is 1. The molecule has 0 radical (unpaired) electrons. The van der Waals surface area contributed by atoms with Crippen molar-refractivity contribution in [2.75, 3.05) is 13.6 Å². The van der Waals surface area contributed by atoms with Crippen LogP contribution >= 0.6 is 0 Å². The van der Waals surface area contributed by atoms with Gasteiger partial charge in [-0.05, 0) is 56.0 Å². The highest BCUT2D eigenvalue weighted by atomic mass is 19.1. The molecule has 0 aliphatic carbocycles. The van der Waals surface area contributed by atoms with Crippen LogP contribution in [0.4, 0.5) is 4.39 Å². The van der Waals surface area contributed by atoms with E-state index in [1.165, 1.54) is 12.0 Å². The maximum atomic E-state index is 12.8. The van der Waals surface area contributed by atoms with Crippen LogP contribution in [-0.2, 0) is 6.42 Å². The number of nitrogens with one attached hydrogen (secondary N) is 1. The topological polar surface area (TPSA) is 12.0 Å². The van der Waals surface area contributed by atoms with E-state index < -0.39 is 0 Å². The van der Waals surface area contributed by atoms with Crippen LogP contribution in [0.1, 0.15) is 25.8 Å². The molecule has 0 aromatic heterocycles. The Kier molecular flexibility index (Phi) is 5.47. The summed E-state index contributed by atoms with van der Waals surface area (Å²) in [5.41, 5.74) is 1.22. The fourth-order valence-electron chi connectivity index (χ4n) is 2.15. The average Bonchev–Trinajstić information content (AvgIpc) is 2.21. The number of hydrogen-bond acceptors (Lipinski definition) is 1. The van der Waals surface area contributed by atoms with Gasteiger partial charge in [-0.1, -0.05) is 26.0 Å². The zero-order valence-corrected chi connectivity index (χ0v) is 10.5. The SMILES string of the molecule is CNCC(Cc1ccc(F)cc1)CC(C)C. The summed E-state index contributed by atoms with van der Waals surface area (Å²) in [5.74, 6) is 1.19. The van der Waals surface area contributed by atoms with E-state index in [9.17, 15) is 4.39 Å². The van der Waals surface area contributed by atoms with Crippen molar-refractivity contribution in [1.29, 1.82) is 0 Å². The second kappa shape index (κ2) is 6.64. The Labute approximate surface area is 98.1 Å². The fraction of sp³-hybridized carbons (Fsp3) is 0.571. The molecule has 0 aliphatic rings. The molecule has 0 heterocycles. The van der Waals surface area contributed by atoms with Crippen molar-refractivity contribution < 1.29 is 4.39 Å². The van der Waals surface area contributed by atoms with E-state index in [-0.39, 0.29) is 5.82 Å². The maximum absolute atomic E-state index is 12.8. The van der Waals surface area contributed by atoms with Gasteiger partial charge in [-0.2, -0.15) is 0 Å². The van der Waals surface area contributed by atoms with Crippen molar-refractivity contribution in [2.45, 2.75) is 26.7 Å². The average molecular weight is 223 g/mol. The number of hydrogen-bond donors (Lipinski definition) is 1. The van der Waals surface area contributed by atoms with E-state index >= 15 is 0 Å². The van der Waals surface area contributed by atoms with Crippen LogP contribution in [0.2, 0.25) is 0 Å². The largest absolute Gasteiger partial charge is 0.319 e. The van der Waals surface area contributed by atoms with Crippen LogP contribution in [0.15, 0.2) is 24.3 Å². The molecule has 0 aliphatic heterocycles. The molecule has 0 spiro atoms. The summed E-state index contributed by atoms with van der Waals surface area (Å²) in [6.45, 7) is 5.51. The third-order valence-corrected chi connectivity index (χ3v) is 2.74. The first-order valence-electron chi connectivity index (χ1n) is 6.01. The summed E-state index contributed by atoms with van der Waals surface area (Å²) in [4.78, 5) is 0. The van der Waals surface area contributed by atoms with Crippen molar-refractivity contribution in [3.63, 3.8) is 0 Å². The molecule has 90 valence electrons. The molecule has 0 bridgehead atoms. The lowest BCUT2D eigenvalue weighted by atomic mass is 9.91. The molecule has 1 atom stereocenters. The molecule has 0 saturated heterocycles. The normalized spacial score (nSPS) is 13.1. The van der Waals surface area contributed by atoms with Gasteiger partial charge in [0.15, 0.2) is 0 Å². The van der Waals surface area contributed by atoms with E-state index in [0.717, 1.165) is 13.0 Å². The minimum absolute atomic E-state index is 0.155. The predicted molar refractivity (Wildman–Crippen MR) is 67.0 cm³/mol. The molecule has 0 amide bonds. The third kappa shape index (κ3) is 4.75. The Morgan fingerprint density at radius 3 is 2.31 bits per heavy atom. The highest BCUT2D eigenvalue weighted by Crippen LogP contribution is 2.17. The van der Waals surface area contributed by atoms with Gasteiger partial charge in [-0.3, -0.25) is 0 Å². The zero-order valence-electron chi connectivity index (χ0n) is 10.5. The van der Waals surface area contributed by atoms with E-state index in [1.54, 1.807) is 12.1 Å². The van der Waals surface area contributed by atoms with Crippen molar-refractivity contribution in [3.8, 4) is 0 Å². The Balaban J connectivity index is 2.56. The summed E-state index contributed by atoms with van der Waals surface area (Å²) >= 11 is 0. The Morgan fingerprint density at radius 2 is 1.81 bits per heavy atom. The van der Waals surface area contributed by atoms with E-state index in [1.807, 2.05) is 19.2 Å². The molecule has 1 rings (SSSR count). The summed E-state index contributed by atoms with van der Waals surface area (Å²) in [7, 11) is 1.98. The number of rotatable bonds is 6. The molecule has 0 fully saturated rings. The lowest BCUT2D eigenvalue weighted by molar-refractivity contribution is 0.395. The van der Waals surface area contributed by atoms with Gasteiger partial charge in [0.1, 0.15) is 5.82 Å². The molecule has 1 nitrogen and oxygen atoms in total. The van der Waals surface area contributed by atoms with Crippen LogP contribution in [-0.4, -0.2) is 13.6 Å². The van der Waals surface area contributed by atoms with E-state index in [2.05, 4.69) is 19.2 Å². The van der Waals surface area contributed by atoms with Gasteiger partial charge >= 0.3 is 0 Å². The Morgan fingerprint density at radius 1 is 1.19 bits per heavy atom. The van der Waals surface area contributed by atoms with Crippen molar-refractivity contribution in [1.82, 2.24) is 5.32 Å². The molecular weight excluding hydrogens is 201 g/mol. The summed E-state index contributed by atoms with van der Waals surface area (Å²) in [6.07, 6.45) is 2.23. The van der Waals surface area contributed by atoms with Gasteiger partial charge in [-0.25, -0.2) is 4.39 Å². The summed E-state index contributed by atoms with van der Waals surface area (Å²) in [6, 6.07) is 6.86. The van der Waals surface area contributed by atoms with Crippen molar-refractivity contribution in [3.05, 3.63) is 35.6 Å². The number of halogens is 1. The Hall–Kier alpha value is -0.890. The lowest BCUT2D eigenvalue weighted by Gasteiger charge is -2.18. The summed E-state index contributed by atoms with van der Waals surface area (Å²) in [5, 5.41) is 3.23. The van der Waals surface area contributed by atoms with Crippen LogP contribution in [0.25, 0.3) is 0 Å². The van der Waals surface area contributed by atoms with Gasteiger partial charge in [0.2, 0.25) is 0 Å². The van der Waals surface area contributed by atoms with Crippen LogP contribution in [0.3, 0.4) is 0 Å². The predicted octanol–water partition coefficient (Wildman–Crippen LogP) is 3.25. The molecule has 1 aromatic carbocycles. The quantitative estimate of drug-likeness (QED) is 0.780. The van der Waals surface area contributed by atoms with Crippen LogP contribution in [0.5, 0.6) is 0 Å². The van der Waals surface area contributed by atoms with Gasteiger partial charge in [0.05, 0.1) is 0 Å². The zero-order chi connectivity index (χ0) is 12.0. The van der Waals surface area contributed by atoms with E-state index in [0.29, 0.717) is 11.8 Å². The maximum Gasteiger partial charge on any atom is 0.123 e. The molecule has 1 unspecified atom stereocenters. The Bertz CT molecular complexity index is 292. The molecule has 1 N–H and O–H groups in total. The van der Waals surface area contributed by atoms with Gasteiger partial charge in [0.25, 0.3) is 0 Å². The minimum Gasteiger partial charge on any atom is -0.319 e. The molecule has 2 heteroatoms. The van der Waals surface area contributed by atoms with Crippen molar-refractivity contribution >= 4 is 0 Å². The molecule has 16 heavy (non-hydrogen) atoms. The van der Waals surface area contributed by atoms with Gasteiger partial charge in [-0.15, -0.1) is 0 Å². The highest BCUT2D eigenvalue weighted by molar-refractivity contribution is 5.16. The fourth-order valence-corrected chi connectivity index (χ4v) is 2.15. The minimum atomic E-state index is -0.155. The van der Waals surface area contributed by atoms with Crippen LogP contribution in [0, 0.1) is 17.7 Å². The van der Waals surface area contributed by atoms with Gasteiger partial charge < -0.3 is 5.32 Å². The molecule has 1 aromatic rings. The van der Waals surface area contributed by atoms with E-state index in [4.69, 9.17) is 0 Å². The van der Waals surface area contributed by atoms with Crippen LogP contribution < -0.4 is 5.32 Å². The third-order valence-electron chi connectivity index (χ3n) is 2.74. The monoisotopic (exact) mass is 223 g/mol. The van der Waals surface area contributed by atoms with Gasteiger partial charge in [0, 0.05) is 0 Å². The lowest BCUT2D eigenvalue weighted by Crippen LogP contribution is -2.22. The first-order chi connectivity index (χ1) is 7.61. The molecule has 0 saturated carbocycles. The first kappa shape index (κ1) is 13.2. The highest BCUT2D eigenvalue weighted by Gasteiger charge is 2.10. The smallest absolute Gasteiger partial charge is 0.123 e. The second-order valence-corrected chi connectivity index (χ2v) is 4.88. The first-order valence-corrected chi connectivity index (χ1v) is 6.01. The van der Waals surface area contributed by atoms with Crippen molar-refractivity contribution in [2.24, 2.45) is 11.8 Å². The summed E-state index contributed by atoms with van der Waals surface area (Å²) < 4.78 is 12.8. The standard InChI is InChI=1S/C14H22FN/c1-11(2)8-13(10-16-3)9-12-4-6-14(15)7-5-12/h4-7,11,13,16H,8-10H2,1-3H3.